The molecule has 0 atom stereocenters. The lowest BCUT2D eigenvalue weighted by molar-refractivity contribution is 0.0950. The summed E-state index contributed by atoms with van der Waals surface area (Å²) in [4.78, 5) is 19.0. The number of amides is 1. The van der Waals surface area contributed by atoms with Crippen LogP contribution >= 0.6 is 0 Å². The number of carbonyl (C=O) groups is 1. The first-order valence-corrected chi connectivity index (χ1v) is 6.79. The first-order valence-electron chi connectivity index (χ1n) is 6.79. The normalized spacial score (nSPS) is 11.3. The molecular weight excluding hydrogens is 250 g/mol. The van der Waals surface area contributed by atoms with Gasteiger partial charge in [0.2, 0.25) is 0 Å². The van der Waals surface area contributed by atoms with Crippen molar-refractivity contribution in [3.63, 3.8) is 0 Å². The van der Waals surface area contributed by atoms with Crippen molar-refractivity contribution in [2.45, 2.75) is 33.7 Å². The number of nitrogens with one attached hydrogen (secondary N) is 2. The molecule has 0 bridgehead atoms. The maximum absolute atomic E-state index is 12.0. The van der Waals surface area contributed by atoms with Crippen molar-refractivity contribution in [2.75, 3.05) is 0 Å². The molecule has 4 heteroatoms. The molecule has 0 saturated carbocycles. The molecule has 1 aromatic carbocycles. The molecule has 2 rings (SSSR count). The van der Waals surface area contributed by atoms with Gasteiger partial charge in [0.05, 0.1) is 6.54 Å². The Balaban J connectivity index is 1.93. The molecule has 0 aliphatic carbocycles. The van der Waals surface area contributed by atoms with Crippen LogP contribution in [0, 0.1) is 5.41 Å². The molecule has 2 aromatic rings. The highest BCUT2D eigenvalue weighted by atomic mass is 16.1. The topological polar surface area (TPSA) is 57.8 Å². The molecule has 0 spiro atoms. The van der Waals surface area contributed by atoms with Crippen molar-refractivity contribution in [1.29, 1.82) is 0 Å². The third-order valence-electron chi connectivity index (χ3n) is 2.92. The molecule has 0 aliphatic heterocycles. The Labute approximate surface area is 119 Å². The number of imidazole rings is 1. The average molecular weight is 271 g/mol. The summed E-state index contributed by atoms with van der Waals surface area (Å²) in [5.74, 6) is 0.673. The van der Waals surface area contributed by atoms with E-state index >= 15 is 0 Å². The molecule has 0 unspecified atom stereocenters. The number of hydrogen-bond donors (Lipinski definition) is 2. The third kappa shape index (κ3) is 4.23. The van der Waals surface area contributed by atoms with E-state index in [2.05, 4.69) is 36.1 Å². The molecule has 20 heavy (non-hydrogen) atoms. The summed E-state index contributed by atoms with van der Waals surface area (Å²) in [6.45, 7) is 7.03. The Kier molecular flexibility index (Phi) is 4.23. The largest absolute Gasteiger partial charge is 0.347 e. The number of nitrogens with zero attached hydrogens (tertiary/aromatic N) is 1. The molecule has 0 fully saturated rings. The predicted octanol–water partition coefficient (Wildman–Crippen LogP) is 2.93. The van der Waals surface area contributed by atoms with E-state index in [1.807, 2.05) is 24.3 Å². The van der Waals surface area contributed by atoms with E-state index in [1.165, 1.54) is 5.56 Å². The standard InChI is InChI=1S/C16H21N3O/c1-16(2,3)10-12-4-6-13(7-5-12)15(20)19-11-14-17-8-9-18-14/h4-9H,10-11H2,1-3H3,(H,17,18)(H,19,20). The fraction of sp³-hybridized carbons (Fsp3) is 0.375. The van der Waals surface area contributed by atoms with Gasteiger partial charge in [-0.3, -0.25) is 4.79 Å². The number of carbonyl (C=O) groups excluding carboxylic acids is 1. The minimum Gasteiger partial charge on any atom is -0.347 e. The summed E-state index contributed by atoms with van der Waals surface area (Å²) < 4.78 is 0. The van der Waals surface area contributed by atoms with E-state index in [9.17, 15) is 4.79 Å². The minimum atomic E-state index is -0.0799. The van der Waals surface area contributed by atoms with Gasteiger partial charge in [0.15, 0.2) is 0 Å². The number of benzene rings is 1. The van der Waals surface area contributed by atoms with E-state index in [4.69, 9.17) is 0 Å². The molecule has 1 aromatic heterocycles. The average Bonchev–Trinajstić information content (AvgIpc) is 2.88. The van der Waals surface area contributed by atoms with Crippen LogP contribution in [0.2, 0.25) is 0 Å². The van der Waals surface area contributed by atoms with E-state index < -0.39 is 0 Å². The van der Waals surface area contributed by atoms with Gasteiger partial charge in [0, 0.05) is 18.0 Å². The first-order chi connectivity index (χ1) is 9.44. The van der Waals surface area contributed by atoms with Gasteiger partial charge in [-0.2, -0.15) is 0 Å². The van der Waals surface area contributed by atoms with Gasteiger partial charge in [-0.05, 0) is 29.5 Å². The van der Waals surface area contributed by atoms with Crippen LogP contribution < -0.4 is 5.32 Å². The molecule has 0 radical (unpaired) electrons. The smallest absolute Gasteiger partial charge is 0.251 e. The number of hydrogen-bond acceptors (Lipinski definition) is 2. The molecule has 0 aliphatic rings. The fourth-order valence-electron chi connectivity index (χ4n) is 2.05. The molecular formula is C16H21N3O. The number of rotatable bonds is 4. The zero-order valence-corrected chi connectivity index (χ0v) is 12.2. The molecule has 1 heterocycles. The second kappa shape index (κ2) is 5.90. The van der Waals surface area contributed by atoms with E-state index in [-0.39, 0.29) is 11.3 Å². The van der Waals surface area contributed by atoms with Crippen molar-refractivity contribution in [1.82, 2.24) is 15.3 Å². The van der Waals surface area contributed by atoms with Crippen molar-refractivity contribution in [3.05, 3.63) is 53.6 Å². The number of aromatic amines is 1. The monoisotopic (exact) mass is 271 g/mol. The second-order valence-corrected chi connectivity index (χ2v) is 6.15. The lowest BCUT2D eigenvalue weighted by Gasteiger charge is -2.18. The molecule has 2 N–H and O–H groups in total. The van der Waals surface area contributed by atoms with Gasteiger partial charge in [-0.15, -0.1) is 0 Å². The van der Waals surface area contributed by atoms with Crippen LogP contribution in [0.1, 0.15) is 42.5 Å². The van der Waals surface area contributed by atoms with Crippen molar-refractivity contribution >= 4 is 5.91 Å². The van der Waals surface area contributed by atoms with Gasteiger partial charge < -0.3 is 10.3 Å². The Morgan fingerprint density at radius 1 is 1.25 bits per heavy atom. The number of H-pyrrole nitrogens is 1. The van der Waals surface area contributed by atoms with Crippen LogP contribution in [0.3, 0.4) is 0 Å². The van der Waals surface area contributed by atoms with Crippen LogP contribution in [0.4, 0.5) is 0 Å². The van der Waals surface area contributed by atoms with Crippen LogP contribution in [-0.4, -0.2) is 15.9 Å². The highest BCUT2D eigenvalue weighted by Crippen LogP contribution is 2.20. The van der Waals surface area contributed by atoms with E-state index in [0.29, 0.717) is 12.1 Å². The second-order valence-electron chi connectivity index (χ2n) is 6.15. The molecule has 4 nitrogen and oxygen atoms in total. The quantitative estimate of drug-likeness (QED) is 0.898. The third-order valence-corrected chi connectivity index (χ3v) is 2.92. The summed E-state index contributed by atoms with van der Waals surface area (Å²) in [6.07, 6.45) is 4.41. The lowest BCUT2D eigenvalue weighted by atomic mass is 9.88. The highest BCUT2D eigenvalue weighted by molar-refractivity contribution is 5.94. The zero-order chi connectivity index (χ0) is 14.6. The van der Waals surface area contributed by atoms with Gasteiger partial charge in [-0.1, -0.05) is 32.9 Å². The maximum Gasteiger partial charge on any atom is 0.251 e. The minimum absolute atomic E-state index is 0.0799. The Hall–Kier alpha value is -2.10. The molecule has 1 amide bonds. The highest BCUT2D eigenvalue weighted by Gasteiger charge is 2.12. The van der Waals surface area contributed by atoms with Gasteiger partial charge in [0.25, 0.3) is 5.91 Å². The van der Waals surface area contributed by atoms with E-state index in [1.54, 1.807) is 12.4 Å². The maximum atomic E-state index is 12.0. The van der Waals surface area contributed by atoms with Crippen molar-refractivity contribution in [3.8, 4) is 0 Å². The van der Waals surface area contributed by atoms with Crippen LogP contribution in [0.25, 0.3) is 0 Å². The summed E-state index contributed by atoms with van der Waals surface area (Å²) in [5.41, 5.74) is 2.18. The fourth-order valence-corrected chi connectivity index (χ4v) is 2.05. The Morgan fingerprint density at radius 3 is 2.50 bits per heavy atom. The summed E-state index contributed by atoms with van der Waals surface area (Å²) in [7, 11) is 0. The van der Waals surface area contributed by atoms with Crippen LogP contribution in [-0.2, 0) is 13.0 Å². The SMILES string of the molecule is CC(C)(C)Cc1ccc(C(=O)NCc2ncc[nH]2)cc1. The summed E-state index contributed by atoms with van der Waals surface area (Å²) >= 11 is 0. The molecule has 106 valence electrons. The Morgan fingerprint density at radius 2 is 1.95 bits per heavy atom. The van der Waals surface area contributed by atoms with Crippen LogP contribution in [0.5, 0.6) is 0 Å². The van der Waals surface area contributed by atoms with Gasteiger partial charge in [0.1, 0.15) is 5.82 Å². The van der Waals surface area contributed by atoms with Crippen molar-refractivity contribution < 1.29 is 4.79 Å². The lowest BCUT2D eigenvalue weighted by Crippen LogP contribution is -2.23. The first kappa shape index (κ1) is 14.3. The Bertz CT molecular complexity index is 550. The van der Waals surface area contributed by atoms with Crippen LogP contribution in [0.15, 0.2) is 36.7 Å². The summed E-state index contributed by atoms with van der Waals surface area (Å²) in [6, 6.07) is 7.79. The van der Waals surface area contributed by atoms with Crippen molar-refractivity contribution in [2.24, 2.45) is 5.41 Å². The van der Waals surface area contributed by atoms with Gasteiger partial charge >= 0.3 is 0 Å². The van der Waals surface area contributed by atoms with Gasteiger partial charge in [-0.25, -0.2) is 4.98 Å². The zero-order valence-electron chi connectivity index (χ0n) is 12.2. The summed E-state index contributed by atoms with van der Waals surface area (Å²) in [5, 5.41) is 2.84. The van der Waals surface area contributed by atoms with E-state index in [0.717, 1.165) is 12.2 Å². The predicted molar refractivity (Wildman–Crippen MR) is 79.4 cm³/mol. The molecule has 0 saturated heterocycles. The number of aromatic nitrogens is 2.